The third-order valence-electron chi connectivity index (χ3n) is 3.67. The van der Waals surface area contributed by atoms with Crippen LogP contribution < -0.4 is 9.46 Å². The molecule has 2 aromatic carbocycles. The van der Waals surface area contributed by atoms with Gasteiger partial charge in [-0.3, -0.25) is 9.40 Å². The first-order valence-corrected chi connectivity index (χ1v) is 9.31. The Kier molecular flexibility index (Phi) is 4.94. The summed E-state index contributed by atoms with van der Waals surface area (Å²) in [6, 6.07) is 10.1. The van der Waals surface area contributed by atoms with Gasteiger partial charge in [0.25, 0.3) is 10.0 Å². The number of rotatable bonds is 6. The van der Waals surface area contributed by atoms with E-state index < -0.39 is 15.8 Å². The summed E-state index contributed by atoms with van der Waals surface area (Å²) in [4.78, 5) is 0.0885. The number of anilines is 1. The van der Waals surface area contributed by atoms with E-state index in [1.165, 1.54) is 24.3 Å². The van der Waals surface area contributed by atoms with E-state index >= 15 is 0 Å². The van der Waals surface area contributed by atoms with E-state index in [0.29, 0.717) is 0 Å². The van der Waals surface area contributed by atoms with Crippen molar-refractivity contribution in [3.05, 3.63) is 71.8 Å². The van der Waals surface area contributed by atoms with Crippen molar-refractivity contribution in [3.63, 3.8) is 0 Å². The van der Waals surface area contributed by atoms with E-state index in [1.54, 1.807) is 36.3 Å². The van der Waals surface area contributed by atoms with E-state index in [0.717, 1.165) is 17.2 Å². The molecule has 0 saturated heterocycles. The molecule has 1 N–H and O–H groups in total. The van der Waals surface area contributed by atoms with Gasteiger partial charge >= 0.3 is 0 Å². The van der Waals surface area contributed by atoms with Crippen molar-refractivity contribution in [3.8, 4) is 5.75 Å². The Bertz CT molecular complexity index is 1010. The number of aromatic nitrogens is 2. The molecule has 0 fully saturated rings. The first kappa shape index (κ1) is 17.9. The molecule has 0 aliphatic heterocycles. The predicted molar refractivity (Wildman–Crippen MR) is 95.9 cm³/mol. The third kappa shape index (κ3) is 4.20. The first-order chi connectivity index (χ1) is 12.3. The summed E-state index contributed by atoms with van der Waals surface area (Å²) >= 11 is 0. The molecule has 0 amide bonds. The molecule has 0 bridgehead atoms. The zero-order valence-corrected chi connectivity index (χ0v) is 15.1. The van der Waals surface area contributed by atoms with E-state index in [1.807, 2.05) is 6.92 Å². The fourth-order valence-corrected chi connectivity index (χ4v) is 3.40. The maximum Gasteiger partial charge on any atom is 0.262 e. The molecule has 0 atom stereocenters. The van der Waals surface area contributed by atoms with E-state index in [-0.39, 0.29) is 22.9 Å². The van der Waals surface area contributed by atoms with Gasteiger partial charge in [0.15, 0.2) is 0 Å². The smallest absolute Gasteiger partial charge is 0.262 e. The van der Waals surface area contributed by atoms with Crippen LogP contribution >= 0.6 is 0 Å². The van der Waals surface area contributed by atoms with Crippen LogP contribution in [0, 0.1) is 12.7 Å². The lowest BCUT2D eigenvalue weighted by molar-refractivity contribution is 0.307. The van der Waals surface area contributed by atoms with Gasteiger partial charge in [0, 0.05) is 24.9 Å². The summed E-state index contributed by atoms with van der Waals surface area (Å²) in [5.41, 5.74) is 1.79. The molecule has 1 heterocycles. The largest absolute Gasteiger partial charge is 0.487 e. The summed E-state index contributed by atoms with van der Waals surface area (Å²) in [5, 5.41) is 4.04. The van der Waals surface area contributed by atoms with Gasteiger partial charge in [-0.2, -0.15) is 5.10 Å². The Labute approximate surface area is 151 Å². The summed E-state index contributed by atoms with van der Waals surface area (Å²) in [7, 11) is -2.08. The van der Waals surface area contributed by atoms with Crippen LogP contribution in [0.3, 0.4) is 0 Å². The number of sulfonamides is 1. The molecule has 0 aliphatic carbocycles. The van der Waals surface area contributed by atoms with Gasteiger partial charge < -0.3 is 4.74 Å². The summed E-state index contributed by atoms with van der Waals surface area (Å²) < 4.78 is 48.4. The molecule has 3 aromatic rings. The molecule has 26 heavy (non-hydrogen) atoms. The van der Waals surface area contributed by atoms with Gasteiger partial charge in [-0.15, -0.1) is 0 Å². The minimum Gasteiger partial charge on any atom is -0.487 e. The van der Waals surface area contributed by atoms with Gasteiger partial charge in [0.05, 0.1) is 16.8 Å². The number of ether oxygens (including phenoxy) is 1. The third-order valence-corrected chi connectivity index (χ3v) is 5.05. The van der Waals surface area contributed by atoms with Crippen molar-refractivity contribution in [2.24, 2.45) is 7.05 Å². The van der Waals surface area contributed by atoms with Gasteiger partial charge in [0.2, 0.25) is 0 Å². The average molecular weight is 375 g/mol. The van der Waals surface area contributed by atoms with Crippen LogP contribution in [0.5, 0.6) is 5.75 Å². The molecular weight excluding hydrogens is 357 g/mol. The highest BCUT2D eigenvalue weighted by atomic mass is 32.2. The zero-order valence-electron chi connectivity index (χ0n) is 14.3. The normalized spacial score (nSPS) is 11.3. The average Bonchev–Trinajstić information content (AvgIpc) is 2.99. The van der Waals surface area contributed by atoms with Crippen LogP contribution in [0.2, 0.25) is 0 Å². The number of hydrogen-bond donors (Lipinski definition) is 1. The van der Waals surface area contributed by atoms with Crippen molar-refractivity contribution in [2.45, 2.75) is 18.4 Å². The molecule has 6 nitrogen and oxygen atoms in total. The van der Waals surface area contributed by atoms with E-state index in [4.69, 9.17) is 4.74 Å². The zero-order chi connectivity index (χ0) is 18.7. The quantitative estimate of drug-likeness (QED) is 0.718. The standard InChI is InChI=1S/C18H18FN3O3S/c1-13-3-6-16(7-4-13)26(23,24)21-17-9-15(19)5-8-18(17)25-12-14-10-20-22(2)11-14/h3-11,21H,12H2,1-2H3. The van der Waals surface area contributed by atoms with Gasteiger partial charge in [0.1, 0.15) is 18.2 Å². The van der Waals surface area contributed by atoms with Gasteiger partial charge in [-0.05, 0) is 31.2 Å². The lowest BCUT2D eigenvalue weighted by Crippen LogP contribution is -2.14. The molecule has 136 valence electrons. The van der Waals surface area contributed by atoms with E-state index in [9.17, 15) is 12.8 Å². The maximum atomic E-state index is 13.6. The monoisotopic (exact) mass is 375 g/mol. The van der Waals surface area contributed by atoms with Crippen LogP contribution in [0.15, 0.2) is 59.8 Å². The Morgan fingerprint density at radius 1 is 1.19 bits per heavy atom. The Morgan fingerprint density at radius 3 is 2.58 bits per heavy atom. The van der Waals surface area contributed by atoms with Crippen LogP contribution in [-0.4, -0.2) is 18.2 Å². The summed E-state index contributed by atoms with van der Waals surface area (Å²) in [5.74, 6) is -0.341. The Hall–Kier alpha value is -2.87. The molecule has 0 radical (unpaired) electrons. The number of hydrogen-bond acceptors (Lipinski definition) is 4. The molecule has 0 aliphatic rings. The molecule has 3 rings (SSSR count). The second-order valence-corrected chi connectivity index (χ2v) is 7.55. The molecule has 0 spiro atoms. The summed E-state index contributed by atoms with van der Waals surface area (Å²) in [6.45, 7) is 2.04. The molecule has 8 heteroatoms. The number of halogens is 1. The van der Waals surface area contributed by atoms with Crippen LogP contribution in [0.4, 0.5) is 10.1 Å². The van der Waals surface area contributed by atoms with Crippen molar-refractivity contribution < 1.29 is 17.5 Å². The number of aryl methyl sites for hydroxylation is 2. The van der Waals surface area contributed by atoms with E-state index in [2.05, 4.69) is 9.82 Å². The van der Waals surface area contributed by atoms with Gasteiger partial charge in [-0.1, -0.05) is 17.7 Å². The van der Waals surface area contributed by atoms with Crippen molar-refractivity contribution in [1.29, 1.82) is 0 Å². The van der Waals surface area contributed by atoms with Gasteiger partial charge in [-0.25, -0.2) is 12.8 Å². The highest BCUT2D eigenvalue weighted by Gasteiger charge is 2.17. The first-order valence-electron chi connectivity index (χ1n) is 7.83. The highest BCUT2D eigenvalue weighted by Crippen LogP contribution is 2.28. The molecule has 0 saturated carbocycles. The van der Waals surface area contributed by atoms with Crippen molar-refractivity contribution in [2.75, 3.05) is 4.72 Å². The summed E-state index contributed by atoms with van der Waals surface area (Å²) in [6.07, 6.45) is 3.42. The Morgan fingerprint density at radius 2 is 1.92 bits per heavy atom. The van der Waals surface area contributed by atoms with Crippen molar-refractivity contribution in [1.82, 2.24) is 9.78 Å². The molecule has 0 unspecified atom stereocenters. The number of benzene rings is 2. The van der Waals surface area contributed by atoms with Crippen LogP contribution in [0.1, 0.15) is 11.1 Å². The molecule has 1 aromatic heterocycles. The van der Waals surface area contributed by atoms with Crippen LogP contribution in [-0.2, 0) is 23.7 Å². The second-order valence-electron chi connectivity index (χ2n) is 5.87. The predicted octanol–water partition coefficient (Wildman–Crippen LogP) is 3.25. The lowest BCUT2D eigenvalue weighted by atomic mass is 10.2. The van der Waals surface area contributed by atoms with Crippen molar-refractivity contribution >= 4 is 15.7 Å². The highest BCUT2D eigenvalue weighted by molar-refractivity contribution is 7.92. The fourth-order valence-electron chi connectivity index (χ4n) is 2.34. The lowest BCUT2D eigenvalue weighted by Gasteiger charge is -2.13. The number of nitrogens with zero attached hydrogens (tertiary/aromatic N) is 2. The number of nitrogens with one attached hydrogen (secondary N) is 1. The fraction of sp³-hybridized carbons (Fsp3) is 0.167. The minimum atomic E-state index is -3.86. The maximum absolute atomic E-state index is 13.6. The molecular formula is C18H18FN3O3S. The Balaban J connectivity index is 1.84. The second kappa shape index (κ2) is 7.17. The minimum absolute atomic E-state index is 0.0365. The SMILES string of the molecule is Cc1ccc(S(=O)(=O)Nc2cc(F)ccc2OCc2cnn(C)c2)cc1. The van der Waals surface area contributed by atoms with Crippen LogP contribution in [0.25, 0.3) is 0 Å². The topological polar surface area (TPSA) is 73.2 Å².